The fourth-order valence-electron chi connectivity index (χ4n) is 2.90. The molecular formula is C18H21NO. The van der Waals surface area contributed by atoms with Crippen LogP contribution in [0.4, 0.5) is 0 Å². The van der Waals surface area contributed by atoms with Gasteiger partial charge in [0.1, 0.15) is 5.75 Å². The molecule has 1 aliphatic rings. The van der Waals surface area contributed by atoms with Crippen molar-refractivity contribution >= 4 is 0 Å². The molecule has 2 N–H and O–H groups in total. The molecule has 2 unspecified atom stereocenters. The van der Waals surface area contributed by atoms with Crippen molar-refractivity contribution in [1.82, 2.24) is 0 Å². The molecule has 0 amide bonds. The molecule has 2 aromatic rings. The van der Waals surface area contributed by atoms with Crippen LogP contribution in [-0.2, 0) is 0 Å². The van der Waals surface area contributed by atoms with E-state index in [-0.39, 0.29) is 0 Å². The van der Waals surface area contributed by atoms with E-state index in [1.165, 1.54) is 17.5 Å². The van der Waals surface area contributed by atoms with E-state index in [0.717, 1.165) is 25.1 Å². The van der Waals surface area contributed by atoms with Crippen LogP contribution < -0.4 is 10.5 Å². The van der Waals surface area contributed by atoms with E-state index in [9.17, 15) is 0 Å². The highest BCUT2D eigenvalue weighted by Gasteiger charge is 2.24. The summed E-state index contributed by atoms with van der Waals surface area (Å²) in [5, 5.41) is 0. The molecule has 3 rings (SSSR count). The Labute approximate surface area is 120 Å². The molecule has 0 heterocycles. The van der Waals surface area contributed by atoms with Gasteiger partial charge >= 0.3 is 0 Å². The van der Waals surface area contributed by atoms with Gasteiger partial charge in [0.15, 0.2) is 0 Å². The average Bonchev–Trinajstić information content (AvgIpc) is 2.97. The van der Waals surface area contributed by atoms with Gasteiger partial charge in [0, 0.05) is 0 Å². The van der Waals surface area contributed by atoms with Gasteiger partial charge in [0.05, 0.1) is 6.10 Å². The van der Waals surface area contributed by atoms with Gasteiger partial charge in [0.2, 0.25) is 0 Å². The Morgan fingerprint density at radius 3 is 2.25 bits per heavy atom. The zero-order valence-electron chi connectivity index (χ0n) is 11.7. The lowest BCUT2D eigenvalue weighted by atomic mass is 10.1. The highest BCUT2D eigenvalue weighted by molar-refractivity contribution is 5.63. The number of benzene rings is 2. The molecule has 0 spiro atoms. The minimum absolute atomic E-state index is 0.339. The normalized spacial score (nSPS) is 21.9. The van der Waals surface area contributed by atoms with Crippen molar-refractivity contribution in [2.75, 3.05) is 6.54 Å². The van der Waals surface area contributed by atoms with Crippen LogP contribution in [0.25, 0.3) is 11.1 Å². The SMILES string of the molecule is NCC1CCC(Oc2ccc(-c3ccccc3)cc2)C1. The Morgan fingerprint density at radius 1 is 0.900 bits per heavy atom. The molecule has 0 aromatic heterocycles. The monoisotopic (exact) mass is 267 g/mol. The summed E-state index contributed by atoms with van der Waals surface area (Å²) in [6, 6.07) is 18.8. The molecule has 2 atom stereocenters. The molecule has 1 saturated carbocycles. The van der Waals surface area contributed by atoms with Gasteiger partial charge in [-0.05, 0) is 55.0 Å². The Kier molecular flexibility index (Phi) is 4.03. The lowest BCUT2D eigenvalue weighted by molar-refractivity contribution is 0.204. The number of nitrogens with two attached hydrogens (primary N) is 1. The zero-order valence-corrected chi connectivity index (χ0v) is 11.7. The van der Waals surface area contributed by atoms with Crippen LogP contribution in [0.15, 0.2) is 54.6 Å². The van der Waals surface area contributed by atoms with Gasteiger partial charge in [-0.3, -0.25) is 0 Å². The van der Waals surface area contributed by atoms with Gasteiger partial charge < -0.3 is 10.5 Å². The summed E-state index contributed by atoms with van der Waals surface area (Å²) in [6.07, 6.45) is 3.76. The summed E-state index contributed by atoms with van der Waals surface area (Å²) in [5.74, 6) is 1.61. The van der Waals surface area contributed by atoms with E-state index in [1.54, 1.807) is 0 Å². The van der Waals surface area contributed by atoms with Crippen molar-refractivity contribution in [2.45, 2.75) is 25.4 Å². The quantitative estimate of drug-likeness (QED) is 0.913. The predicted octanol–water partition coefficient (Wildman–Crippen LogP) is 3.86. The number of hydrogen-bond acceptors (Lipinski definition) is 2. The van der Waals surface area contributed by atoms with Gasteiger partial charge in [-0.25, -0.2) is 0 Å². The minimum atomic E-state index is 0.339. The summed E-state index contributed by atoms with van der Waals surface area (Å²) >= 11 is 0. The van der Waals surface area contributed by atoms with Gasteiger partial charge in [-0.15, -0.1) is 0 Å². The molecule has 1 aliphatic carbocycles. The van der Waals surface area contributed by atoms with Crippen LogP contribution in [0.2, 0.25) is 0 Å². The maximum atomic E-state index is 6.04. The largest absolute Gasteiger partial charge is 0.490 e. The Hall–Kier alpha value is -1.80. The molecule has 0 aliphatic heterocycles. The Bertz CT molecular complexity index is 535. The van der Waals surface area contributed by atoms with E-state index >= 15 is 0 Å². The van der Waals surface area contributed by atoms with Crippen molar-refractivity contribution < 1.29 is 4.74 Å². The molecule has 2 aromatic carbocycles. The lowest BCUT2D eigenvalue weighted by Crippen LogP contribution is -2.15. The number of rotatable bonds is 4. The van der Waals surface area contributed by atoms with Crippen molar-refractivity contribution in [1.29, 1.82) is 0 Å². The zero-order chi connectivity index (χ0) is 13.8. The van der Waals surface area contributed by atoms with Crippen molar-refractivity contribution in [3.8, 4) is 16.9 Å². The van der Waals surface area contributed by atoms with Crippen molar-refractivity contribution in [2.24, 2.45) is 11.7 Å². The first-order valence-corrected chi connectivity index (χ1v) is 7.37. The number of hydrogen-bond donors (Lipinski definition) is 1. The minimum Gasteiger partial charge on any atom is -0.490 e. The molecular weight excluding hydrogens is 246 g/mol. The molecule has 0 radical (unpaired) electrons. The average molecular weight is 267 g/mol. The third kappa shape index (κ3) is 3.02. The maximum absolute atomic E-state index is 6.04. The highest BCUT2D eigenvalue weighted by Crippen LogP contribution is 2.29. The molecule has 104 valence electrons. The summed E-state index contributed by atoms with van der Waals surface area (Å²) in [7, 11) is 0. The predicted molar refractivity (Wildman–Crippen MR) is 82.7 cm³/mol. The maximum Gasteiger partial charge on any atom is 0.119 e. The van der Waals surface area contributed by atoms with Crippen LogP contribution in [0, 0.1) is 5.92 Å². The van der Waals surface area contributed by atoms with Gasteiger partial charge in [-0.2, -0.15) is 0 Å². The van der Waals surface area contributed by atoms with E-state index in [2.05, 4.69) is 48.5 Å². The third-order valence-corrected chi connectivity index (χ3v) is 4.09. The fourth-order valence-corrected chi connectivity index (χ4v) is 2.90. The van der Waals surface area contributed by atoms with E-state index < -0.39 is 0 Å². The number of ether oxygens (including phenoxy) is 1. The summed E-state index contributed by atoms with van der Waals surface area (Å²) in [5.41, 5.74) is 8.18. The lowest BCUT2D eigenvalue weighted by Gasteiger charge is -2.14. The first-order valence-electron chi connectivity index (χ1n) is 7.37. The Balaban J connectivity index is 1.65. The van der Waals surface area contributed by atoms with Crippen LogP contribution in [-0.4, -0.2) is 12.6 Å². The summed E-state index contributed by atoms with van der Waals surface area (Å²) in [6.45, 7) is 0.785. The van der Waals surface area contributed by atoms with Gasteiger partial charge in [0.25, 0.3) is 0 Å². The van der Waals surface area contributed by atoms with Crippen LogP contribution in [0.1, 0.15) is 19.3 Å². The van der Waals surface area contributed by atoms with Crippen LogP contribution in [0.5, 0.6) is 5.75 Å². The first-order chi connectivity index (χ1) is 9.85. The standard InChI is InChI=1S/C18H21NO/c19-13-14-6-9-18(12-14)20-17-10-7-16(8-11-17)15-4-2-1-3-5-15/h1-5,7-8,10-11,14,18H,6,9,12-13,19H2. The molecule has 0 saturated heterocycles. The van der Waals surface area contributed by atoms with Gasteiger partial charge in [-0.1, -0.05) is 42.5 Å². The second-order valence-electron chi connectivity index (χ2n) is 5.55. The summed E-state index contributed by atoms with van der Waals surface area (Å²) in [4.78, 5) is 0. The smallest absolute Gasteiger partial charge is 0.119 e. The van der Waals surface area contributed by atoms with Crippen LogP contribution >= 0.6 is 0 Å². The van der Waals surface area contributed by atoms with Crippen LogP contribution in [0.3, 0.4) is 0 Å². The molecule has 0 bridgehead atoms. The van der Waals surface area contributed by atoms with Crippen molar-refractivity contribution in [3.63, 3.8) is 0 Å². The topological polar surface area (TPSA) is 35.2 Å². The summed E-state index contributed by atoms with van der Waals surface area (Å²) < 4.78 is 6.04. The van der Waals surface area contributed by atoms with E-state index in [4.69, 9.17) is 10.5 Å². The fraction of sp³-hybridized carbons (Fsp3) is 0.333. The third-order valence-electron chi connectivity index (χ3n) is 4.09. The molecule has 1 fully saturated rings. The molecule has 2 heteroatoms. The second-order valence-corrected chi connectivity index (χ2v) is 5.55. The van der Waals surface area contributed by atoms with E-state index in [0.29, 0.717) is 12.0 Å². The highest BCUT2D eigenvalue weighted by atomic mass is 16.5. The Morgan fingerprint density at radius 2 is 1.60 bits per heavy atom. The van der Waals surface area contributed by atoms with Crippen molar-refractivity contribution in [3.05, 3.63) is 54.6 Å². The molecule has 2 nitrogen and oxygen atoms in total. The molecule has 20 heavy (non-hydrogen) atoms. The van der Waals surface area contributed by atoms with E-state index in [1.807, 2.05) is 6.07 Å². The second kappa shape index (κ2) is 6.10. The first kappa shape index (κ1) is 13.2.